The number of carboxylic acid groups (broad SMARTS) is 1. The third-order valence-electron chi connectivity index (χ3n) is 4.47. The molecule has 7 nitrogen and oxygen atoms in total. The standard InChI is InChI=1S/C14H23N3O4/c15-14(21)17-5-1-2-11(9-17)13(20)16-6-3-10(4-7-16)8-12(18)19/h10-11H,1-9H2,(H2,15,21)(H,18,19). The quantitative estimate of drug-likeness (QED) is 0.791. The Morgan fingerprint density at radius 1 is 1.05 bits per heavy atom. The highest BCUT2D eigenvalue weighted by Gasteiger charge is 2.32. The van der Waals surface area contributed by atoms with Crippen LogP contribution in [0.25, 0.3) is 0 Å². The maximum atomic E-state index is 12.5. The highest BCUT2D eigenvalue weighted by molar-refractivity contribution is 5.80. The van der Waals surface area contributed by atoms with Crippen LogP contribution in [-0.2, 0) is 9.59 Å². The lowest BCUT2D eigenvalue weighted by molar-refractivity contribution is -0.140. The molecule has 0 saturated carbocycles. The van der Waals surface area contributed by atoms with E-state index in [1.165, 1.54) is 4.90 Å². The number of hydrogen-bond acceptors (Lipinski definition) is 3. The fourth-order valence-corrected chi connectivity index (χ4v) is 3.24. The first-order valence-corrected chi connectivity index (χ1v) is 7.52. The molecule has 0 bridgehead atoms. The predicted molar refractivity (Wildman–Crippen MR) is 75.4 cm³/mol. The molecule has 2 saturated heterocycles. The molecule has 2 heterocycles. The third kappa shape index (κ3) is 4.09. The van der Waals surface area contributed by atoms with Crippen LogP contribution in [0.2, 0.25) is 0 Å². The molecule has 0 radical (unpaired) electrons. The van der Waals surface area contributed by atoms with Crippen molar-refractivity contribution in [2.75, 3.05) is 26.2 Å². The molecular weight excluding hydrogens is 274 g/mol. The van der Waals surface area contributed by atoms with Crippen molar-refractivity contribution in [2.24, 2.45) is 17.6 Å². The zero-order valence-electron chi connectivity index (χ0n) is 12.2. The van der Waals surface area contributed by atoms with Crippen LogP contribution in [0, 0.1) is 11.8 Å². The first-order valence-electron chi connectivity index (χ1n) is 7.52. The van der Waals surface area contributed by atoms with Gasteiger partial charge in [-0.05, 0) is 31.6 Å². The van der Waals surface area contributed by atoms with Gasteiger partial charge in [-0.1, -0.05) is 0 Å². The maximum absolute atomic E-state index is 12.5. The summed E-state index contributed by atoms with van der Waals surface area (Å²) in [5, 5.41) is 8.80. The molecule has 2 fully saturated rings. The minimum absolute atomic E-state index is 0.0784. The number of carbonyl (C=O) groups excluding carboxylic acids is 2. The van der Waals surface area contributed by atoms with E-state index in [4.69, 9.17) is 10.8 Å². The Morgan fingerprint density at radius 3 is 2.29 bits per heavy atom. The Kier molecular flexibility index (Phi) is 5.03. The number of nitrogens with zero attached hydrogens (tertiary/aromatic N) is 2. The number of carbonyl (C=O) groups is 3. The fraction of sp³-hybridized carbons (Fsp3) is 0.786. The highest BCUT2D eigenvalue weighted by atomic mass is 16.4. The molecule has 7 heteroatoms. The van der Waals surface area contributed by atoms with E-state index in [0.717, 1.165) is 25.7 Å². The van der Waals surface area contributed by atoms with Crippen molar-refractivity contribution in [3.05, 3.63) is 0 Å². The van der Waals surface area contributed by atoms with Crippen molar-refractivity contribution in [1.82, 2.24) is 9.80 Å². The molecule has 0 aromatic rings. The zero-order valence-corrected chi connectivity index (χ0v) is 12.2. The monoisotopic (exact) mass is 297 g/mol. The minimum atomic E-state index is -0.774. The van der Waals surface area contributed by atoms with E-state index in [1.54, 1.807) is 0 Å². The molecule has 0 aromatic heterocycles. The molecule has 0 aromatic carbocycles. The Labute approximate surface area is 124 Å². The molecule has 2 rings (SSSR count). The van der Waals surface area contributed by atoms with Crippen molar-refractivity contribution >= 4 is 17.9 Å². The lowest BCUT2D eigenvalue weighted by Gasteiger charge is -2.37. The normalized spacial score (nSPS) is 23.9. The first-order chi connectivity index (χ1) is 9.97. The second-order valence-corrected chi connectivity index (χ2v) is 5.99. The van der Waals surface area contributed by atoms with Crippen LogP contribution in [0.1, 0.15) is 32.1 Å². The molecule has 21 heavy (non-hydrogen) atoms. The number of aliphatic carboxylic acids is 1. The second kappa shape index (κ2) is 6.78. The molecule has 118 valence electrons. The summed E-state index contributed by atoms with van der Waals surface area (Å²) in [5.41, 5.74) is 5.28. The predicted octanol–water partition coefficient (Wildman–Crippen LogP) is 0.490. The summed E-state index contributed by atoms with van der Waals surface area (Å²) in [6.07, 6.45) is 3.25. The van der Waals surface area contributed by atoms with Crippen LogP contribution in [0.15, 0.2) is 0 Å². The minimum Gasteiger partial charge on any atom is -0.481 e. The van der Waals surface area contributed by atoms with Gasteiger partial charge < -0.3 is 20.6 Å². The number of nitrogens with two attached hydrogens (primary N) is 1. The number of rotatable bonds is 3. The van der Waals surface area contributed by atoms with Crippen LogP contribution in [0.3, 0.4) is 0 Å². The summed E-state index contributed by atoms with van der Waals surface area (Å²) in [5.74, 6) is -0.693. The summed E-state index contributed by atoms with van der Waals surface area (Å²) in [6, 6.07) is -0.465. The number of urea groups is 1. The van der Waals surface area contributed by atoms with Crippen molar-refractivity contribution < 1.29 is 19.5 Å². The van der Waals surface area contributed by atoms with Gasteiger partial charge in [-0.2, -0.15) is 0 Å². The van der Waals surface area contributed by atoms with Gasteiger partial charge in [0.05, 0.1) is 5.92 Å². The molecular formula is C14H23N3O4. The molecule has 3 amide bonds. The highest BCUT2D eigenvalue weighted by Crippen LogP contribution is 2.24. The lowest BCUT2D eigenvalue weighted by Crippen LogP contribution is -2.49. The van der Waals surface area contributed by atoms with Crippen LogP contribution in [-0.4, -0.2) is 59.0 Å². The van der Waals surface area contributed by atoms with E-state index >= 15 is 0 Å². The summed E-state index contributed by atoms with van der Waals surface area (Å²) in [6.45, 7) is 2.26. The molecule has 2 aliphatic heterocycles. The Bertz CT molecular complexity index is 418. The van der Waals surface area contributed by atoms with Crippen LogP contribution < -0.4 is 5.73 Å². The van der Waals surface area contributed by atoms with Crippen molar-refractivity contribution in [1.29, 1.82) is 0 Å². The number of likely N-dealkylation sites (tertiary alicyclic amines) is 2. The Morgan fingerprint density at radius 2 is 1.71 bits per heavy atom. The largest absolute Gasteiger partial charge is 0.481 e. The average Bonchev–Trinajstić information content (AvgIpc) is 2.47. The van der Waals surface area contributed by atoms with Gasteiger partial charge in [0.2, 0.25) is 5.91 Å². The number of amides is 3. The van der Waals surface area contributed by atoms with Gasteiger partial charge in [0, 0.05) is 32.6 Å². The molecule has 0 aliphatic carbocycles. The molecule has 0 spiro atoms. The summed E-state index contributed by atoms with van der Waals surface area (Å²) >= 11 is 0. The third-order valence-corrected chi connectivity index (χ3v) is 4.47. The fourth-order valence-electron chi connectivity index (χ4n) is 3.24. The van der Waals surface area contributed by atoms with Gasteiger partial charge in [0.1, 0.15) is 0 Å². The number of piperidine rings is 2. The van der Waals surface area contributed by atoms with Crippen LogP contribution in [0.5, 0.6) is 0 Å². The molecule has 2 aliphatic rings. The van der Waals surface area contributed by atoms with E-state index in [0.29, 0.717) is 26.2 Å². The van der Waals surface area contributed by atoms with E-state index in [9.17, 15) is 14.4 Å². The van der Waals surface area contributed by atoms with Crippen molar-refractivity contribution in [3.8, 4) is 0 Å². The van der Waals surface area contributed by atoms with Gasteiger partial charge >= 0.3 is 12.0 Å². The van der Waals surface area contributed by atoms with Gasteiger partial charge in [0.15, 0.2) is 0 Å². The topological polar surface area (TPSA) is 104 Å². The lowest BCUT2D eigenvalue weighted by atomic mass is 9.91. The number of primary amides is 1. The van der Waals surface area contributed by atoms with Crippen molar-refractivity contribution in [3.63, 3.8) is 0 Å². The molecule has 1 unspecified atom stereocenters. The number of hydrogen-bond donors (Lipinski definition) is 2. The Hall–Kier alpha value is -1.79. The smallest absolute Gasteiger partial charge is 0.314 e. The maximum Gasteiger partial charge on any atom is 0.314 e. The van der Waals surface area contributed by atoms with E-state index in [1.807, 2.05) is 4.90 Å². The first kappa shape index (κ1) is 15.6. The summed E-state index contributed by atoms with van der Waals surface area (Å²) < 4.78 is 0. The zero-order chi connectivity index (χ0) is 15.4. The van der Waals surface area contributed by atoms with Gasteiger partial charge in [-0.15, -0.1) is 0 Å². The van der Waals surface area contributed by atoms with Gasteiger partial charge in [-0.3, -0.25) is 9.59 Å². The SMILES string of the molecule is NC(=O)N1CCCC(C(=O)N2CCC(CC(=O)O)CC2)C1. The average molecular weight is 297 g/mol. The van der Waals surface area contributed by atoms with Gasteiger partial charge in [0.25, 0.3) is 0 Å². The summed E-state index contributed by atoms with van der Waals surface area (Å²) in [4.78, 5) is 37.7. The number of carboxylic acids is 1. The van der Waals surface area contributed by atoms with E-state index in [2.05, 4.69) is 0 Å². The summed E-state index contributed by atoms with van der Waals surface area (Å²) in [7, 11) is 0. The molecule has 3 N–H and O–H groups in total. The van der Waals surface area contributed by atoms with Crippen molar-refractivity contribution in [2.45, 2.75) is 32.1 Å². The van der Waals surface area contributed by atoms with Crippen LogP contribution >= 0.6 is 0 Å². The van der Waals surface area contributed by atoms with E-state index in [-0.39, 0.29) is 24.2 Å². The van der Waals surface area contributed by atoms with Crippen LogP contribution in [0.4, 0.5) is 4.79 Å². The van der Waals surface area contributed by atoms with E-state index < -0.39 is 12.0 Å². The van der Waals surface area contributed by atoms with Gasteiger partial charge in [-0.25, -0.2) is 4.79 Å². The second-order valence-electron chi connectivity index (χ2n) is 5.99. The molecule has 1 atom stereocenters. The Balaban J connectivity index is 1.84.